The molecule has 62 valence electrons. The number of aromatic nitrogens is 3. The minimum Gasteiger partial charge on any atom is -0.305 e. The summed E-state index contributed by atoms with van der Waals surface area (Å²) < 4.78 is 1.54. The van der Waals surface area contributed by atoms with Crippen LogP contribution in [0, 0.1) is 6.92 Å². The Kier molecular flexibility index (Phi) is 1.30. The molecule has 4 heteroatoms. The second-order valence-corrected chi connectivity index (χ2v) is 2.83. The van der Waals surface area contributed by atoms with Gasteiger partial charge in [-0.3, -0.25) is 9.55 Å². The molecule has 0 spiro atoms. The number of nitrogens with zero attached hydrogens (tertiary/aromatic N) is 2. The zero-order chi connectivity index (χ0) is 8.72. The Hall–Kier alpha value is -1.58. The molecule has 0 bridgehead atoms. The summed E-state index contributed by atoms with van der Waals surface area (Å²) in [6.45, 7) is 1.89. The van der Waals surface area contributed by atoms with E-state index in [1.54, 1.807) is 17.8 Å². The summed E-state index contributed by atoms with van der Waals surface area (Å²) in [4.78, 5) is 18.0. The van der Waals surface area contributed by atoms with E-state index in [1.165, 1.54) is 0 Å². The highest BCUT2D eigenvalue weighted by molar-refractivity contribution is 5.74. The molecule has 0 fully saturated rings. The van der Waals surface area contributed by atoms with Gasteiger partial charge in [0.25, 0.3) is 0 Å². The lowest BCUT2D eigenvalue weighted by atomic mass is 10.3. The lowest BCUT2D eigenvalue weighted by Gasteiger charge is -1.92. The molecular formula is C8H9N3O. The second-order valence-electron chi connectivity index (χ2n) is 2.83. The van der Waals surface area contributed by atoms with E-state index in [-0.39, 0.29) is 5.69 Å². The maximum Gasteiger partial charge on any atom is 0.326 e. The van der Waals surface area contributed by atoms with E-state index in [4.69, 9.17) is 0 Å². The standard InChI is InChI=1S/C8H9N3O/c1-5-3-6-7(4-9-5)11(2)8(12)10-6/h3-4H,1-2H3,(H,10,12). The van der Waals surface area contributed by atoms with Crippen LogP contribution in [0.15, 0.2) is 17.1 Å². The van der Waals surface area contributed by atoms with Gasteiger partial charge in [-0.15, -0.1) is 0 Å². The molecule has 0 atom stereocenters. The fourth-order valence-corrected chi connectivity index (χ4v) is 1.23. The van der Waals surface area contributed by atoms with Crippen LogP contribution in [0.25, 0.3) is 11.0 Å². The molecule has 2 heterocycles. The van der Waals surface area contributed by atoms with Gasteiger partial charge in [0.05, 0.1) is 17.2 Å². The number of aryl methyl sites for hydroxylation is 2. The Labute approximate surface area is 68.9 Å². The van der Waals surface area contributed by atoms with Crippen molar-refractivity contribution in [2.75, 3.05) is 0 Å². The highest BCUT2D eigenvalue weighted by atomic mass is 16.1. The Morgan fingerprint density at radius 3 is 3.08 bits per heavy atom. The molecule has 0 saturated carbocycles. The molecule has 12 heavy (non-hydrogen) atoms. The van der Waals surface area contributed by atoms with Gasteiger partial charge in [-0.2, -0.15) is 0 Å². The molecule has 2 aromatic heterocycles. The largest absolute Gasteiger partial charge is 0.326 e. The van der Waals surface area contributed by atoms with Crippen molar-refractivity contribution in [3.05, 3.63) is 28.4 Å². The molecular weight excluding hydrogens is 154 g/mol. The monoisotopic (exact) mass is 163 g/mol. The average Bonchev–Trinajstić information content (AvgIpc) is 2.28. The molecule has 4 nitrogen and oxygen atoms in total. The van der Waals surface area contributed by atoms with Crippen LogP contribution in [0.1, 0.15) is 5.69 Å². The maximum atomic E-state index is 11.1. The highest BCUT2D eigenvalue weighted by Crippen LogP contribution is 2.07. The van der Waals surface area contributed by atoms with E-state index in [0.717, 1.165) is 16.7 Å². The SMILES string of the molecule is Cc1cc2[nH]c(=O)n(C)c2cn1. The Morgan fingerprint density at radius 1 is 1.58 bits per heavy atom. The van der Waals surface area contributed by atoms with Crippen molar-refractivity contribution in [3.63, 3.8) is 0 Å². The molecule has 0 aliphatic carbocycles. The lowest BCUT2D eigenvalue weighted by Crippen LogP contribution is -2.11. The van der Waals surface area contributed by atoms with E-state index in [2.05, 4.69) is 9.97 Å². The van der Waals surface area contributed by atoms with Crippen LogP contribution in [-0.4, -0.2) is 14.5 Å². The smallest absolute Gasteiger partial charge is 0.305 e. The minimum atomic E-state index is -0.0996. The minimum absolute atomic E-state index is 0.0996. The summed E-state index contributed by atoms with van der Waals surface area (Å²) in [6.07, 6.45) is 1.70. The first-order valence-corrected chi connectivity index (χ1v) is 3.70. The molecule has 2 aromatic rings. The first-order chi connectivity index (χ1) is 5.68. The summed E-state index contributed by atoms with van der Waals surface area (Å²) in [5.41, 5.74) is 2.49. The third-order valence-electron chi connectivity index (χ3n) is 1.93. The van der Waals surface area contributed by atoms with Gasteiger partial charge in [0.1, 0.15) is 0 Å². The van der Waals surface area contributed by atoms with E-state index >= 15 is 0 Å². The third kappa shape index (κ3) is 0.845. The predicted octanol–water partition coefficient (Wildman–Crippen LogP) is 0.570. The molecule has 0 aliphatic rings. The first kappa shape index (κ1) is 7.09. The van der Waals surface area contributed by atoms with Crippen LogP contribution in [0.3, 0.4) is 0 Å². The van der Waals surface area contributed by atoms with Crippen LogP contribution < -0.4 is 5.69 Å². The fourth-order valence-electron chi connectivity index (χ4n) is 1.23. The van der Waals surface area contributed by atoms with E-state index in [1.807, 2.05) is 13.0 Å². The third-order valence-corrected chi connectivity index (χ3v) is 1.93. The molecule has 1 N–H and O–H groups in total. The molecule has 0 aliphatic heterocycles. The quantitative estimate of drug-likeness (QED) is 0.617. The van der Waals surface area contributed by atoms with Gasteiger partial charge in [-0.05, 0) is 13.0 Å². The normalized spacial score (nSPS) is 10.8. The van der Waals surface area contributed by atoms with Crippen LogP contribution in [-0.2, 0) is 7.05 Å². The van der Waals surface area contributed by atoms with Crippen LogP contribution >= 0.6 is 0 Å². The van der Waals surface area contributed by atoms with Gasteiger partial charge in [0, 0.05) is 12.7 Å². The molecule has 0 amide bonds. The number of aromatic amines is 1. The lowest BCUT2D eigenvalue weighted by molar-refractivity contribution is 0.889. The summed E-state index contributed by atoms with van der Waals surface area (Å²) in [6, 6.07) is 1.86. The van der Waals surface area contributed by atoms with Gasteiger partial charge < -0.3 is 4.98 Å². The summed E-state index contributed by atoms with van der Waals surface area (Å²) in [7, 11) is 1.72. The molecule has 0 aromatic carbocycles. The Morgan fingerprint density at radius 2 is 2.33 bits per heavy atom. The molecule has 0 saturated heterocycles. The molecule has 2 rings (SSSR count). The summed E-state index contributed by atoms with van der Waals surface area (Å²) in [5, 5.41) is 0. The topological polar surface area (TPSA) is 50.7 Å². The number of pyridine rings is 1. The number of imidazole rings is 1. The van der Waals surface area contributed by atoms with Gasteiger partial charge in [-0.1, -0.05) is 0 Å². The van der Waals surface area contributed by atoms with Crippen LogP contribution in [0.4, 0.5) is 0 Å². The number of H-pyrrole nitrogens is 1. The van der Waals surface area contributed by atoms with Gasteiger partial charge in [0.15, 0.2) is 0 Å². The first-order valence-electron chi connectivity index (χ1n) is 3.70. The second kappa shape index (κ2) is 2.20. The Balaban J connectivity index is 2.96. The van der Waals surface area contributed by atoms with E-state index in [9.17, 15) is 4.79 Å². The van der Waals surface area contributed by atoms with Crippen molar-refractivity contribution in [1.82, 2.24) is 14.5 Å². The van der Waals surface area contributed by atoms with Gasteiger partial charge >= 0.3 is 5.69 Å². The average molecular weight is 163 g/mol. The van der Waals surface area contributed by atoms with Gasteiger partial charge in [-0.25, -0.2) is 4.79 Å². The highest BCUT2D eigenvalue weighted by Gasteiger charge is 2.01. The molecule has 0 unspecified atom stereocenters. The predicted molar refractivity (Wildman–Crippen MR) is 46.1 cm³/mol. The number of fused-ring (bicyclic) bond motifs is 1. The van der Waals surface area contributed by atoms with E-state index < -0.39 is 0 Å². The summed E-state index contributed by atoms with van der Waals surface area (Å²) in [5.74, 6) is 0. The zero-order valence-corrected chi connectivity index (χ0v) is 6.96. The fraction of sp³-hybridized carbons (Fsp3) is 0.250. The van der Waals surface area contributed by atoms with Gasteiger partial charge in [0.2, 0.25) is 0 Å². The zero-order valence-electron chi connectivity index (χ0n) is 6.96. The number of rotatable bonds is 0. The van der Waals surface area contributed by atoms with Crippen LogP contribution in [0.2, 0.25) is 0 Å². The van der Waals surface area contributed by atoms with E-state index in [0.29, 0.717) is 0 Å². The summed E-state index contributed by atoms with van der Waals surface area (Å²) >= 11 is 0. The van der Waals surface area contributed by atoms with Crippen molar-refractivity contribution in [2.24, 2.45) is 7.05 Å². The van der Waals surface area contributed by atoms with Crippen LogP contribution in [0.5, 0.6) is 0 Å². The van der Waals surface area contributed by atoms with Crippen molar-refractivity contribution >= 4 is 11.0 Å². The molecule has 0 radical (unpaired) electrons. The van der Waals surface area contributed by atoms with Crippen molar-refractivity contribution in [1.29, 1.82) is 0 Å². The van der Waals surface area contributed by atoms with Crippen molar-refractivity contribution in [2.45, 2.75) is 6.92 Å². The van der Waals surface area contributed by atoms with Crippen molar-refractivity contribution in [3.8, 4) is 0 Å². The number of hydrogen-bond acceptors (Lipinski definition) is 2. The maximum absolute atomic E-state index is 11.1. The number of nitrogens with one attached hydrogen (secondary N) is 1. The van der Waals surface area contributed by atoms with Crippen molar-refractivity contribution < 1.29 is 0 Å². The number of hydrogen-bond donors (Lipinski definition) is 1. The Bertz CT molecular complexity index is 480.